The molecule has 0 saturated heterocycles. The number of benzene rings is 2. The Morgan fingerprint density at radius 3 is 2.35 bits per heavy atom. The van der Waals surface area contributed by atoms with Crippen LogP contribution in [0.4, 0.5) is 14.5 Å². The summed E-state index contributed by atoms with van der Waals surface area (Å²) in [6.45, 7) is 10.0. The van der Waals surface area contributed by atoms with Gasteiger partial charge >= 0.3 is 5.97 Å². The van der Waals surface area contributed by atoms with E-state index in [2.05, 4.69) is 5.32 Å². The van der Waals surface area contributed by atoms with Crippen LogP contribution in [-0.4, -0.2) is 44.1 Å². The van der Waals surface area contributed by atoms with E-state index in [1.807, 2.05) is 0 Å². The first kappa shape index (κ1) is 28.4. The van der Waals surface area contributed by atoms with Crippen molar-refractivity contribution in [1.29, 1.82) is 0 Å². The van der Waals surface area contributed by atoms with Crippen molar-refractivity contribution in [3.63, 3.8) is 0 Å². The summed E-state index contributed by atoms with van der Waals surface area (Å²) in [5, 5.41) is 2.81. The molecule has 2 aromatic carbocycles. The van der Waals surface area contributed by atoms with E-state index in [9.17, 15) is 26.8 Å². The number of amides is 1. The molecule has 0 unspecified atom stereocenters. The van der Waals surface area contributed by atoms with Gasteiger partial charge < -0.3 is 14.8 Å². The van der Waals surface area contributed by atoms with Gasteiger partial charge in [0.25, 0.3) is 10.0 Å². The summed E-state index contributed by atoms with van der Waals surface area (Å²) in [5.74, 6) is -2.98. The second-order valence-corrected chi connectivity index (χ2v) is 12.5. The van der Waals surface area contributed by atoms with Gasteiger partial charge in [0, 0.05) is 18.9 Å². The first-order chi connectivity index (χ1) is 17.0. The average molecular weight is 539 g/mol. The quantitative estimate of drug-likeness (QED) is 0.533. The van der Waals surface area contributed by atoms with E-state index in [0.29, 0.717) is 11.6 Å². The standard InChI is InChI=1S/C26H32F2N2O6S/c1-16(31)29-26(5,6)14-18-15-30(37(33,34)19-8-9-20(27)21(28)13-19)22-11-17(7-10-23(22)35-18)12-24(32)36-25(2,3)4/h7-11,13,18H,12,14-15H2,1-6H3,(H,29,31)/t18-/m0/s1. The van der Waals surface area contributed by atoms with Gasteiger partial charge in [-0.15, -0.1) is 0 Å². The van der Waals surface area contributed by atoms with E-state index in [-0.39, 0.29) is 36.7 Å². The van der Waals surface area contributed by atoms with E-state index in [1.165, 1.54) is 13.0 Å². The summed E-state index contributed by atoms with van der Waals surface area (Å²) >= 11 is 0. The minimum absolute atomic E-state index is 0.109. The summed E-state index contributed by atoms with van der Waals surface area (Å²) in [6.07, 6.45) is -0.524. The molecule has 37 heavy (non-hydrogen) atoms. The molecule has 0 fully saturated rings. The maximum absolute atomic E-state index is 14.0. The molecule has 0 aliphatic carbocycles. The number of esters is 1. The zero-order chi connectivity index (χ0) is 27.8. The van der Waals surface area contributed by atoms with E-state index in [4.69, 9.17) is 9.47 Å². The molecule has 1 aliphatic rings. The predicted octanol–water partition coefficient (Wildman–Crippen LogP) is 4.11. The largest absolute Gasteiger partial charge is 0.486 e. The van der Waals surface area contributed by atoms with Crippen molar-refractivity contribution < 1.29 is 36.3 Å². The van der Waals surface area contributed by atoms with Crippen molar-refractivity contribution in [3.05, 3.63) is 53.6 Å². The van der Waals surface area contributed by atoms with Gasteiger partial charge in [0.1, 0.15) is 17.5 Å². The summed E-state index contributed by atoms with van der Waals surface area (Å²) < 4.78 is 67.3. The van der Waals surface area contributed by atoms with E-state index in [1.54, 1.807) is 46.8 Å². The van der Waals surface area contributed by atoms with Gasteiger partial charge in [0.2, 0.25) is 5.91 Å². The molecule has 3 rings (SSSR count). The van der Waals surface area contributed by atoms with Crippen LogP contribution >= 0.6 is 0 Å². The number of fused-ring (bicyclic) bond motifs is 1. The summed E-state index contributed by atoms with van der Waals surface area (Å²) in [4.78, 5) is 23.5. The lowest BCUT2D eigenvalue weighted by Gasteiger charge is -2.39. The van der Waals surface area contributed by atoms with Gasteiger partial charge in [0.15, 0.2) is 11.6 Å². The molecule has 202 valence electrons. The lowest BCUT2D eigenvalue weighted by Crippen LogP contribution is -2.50. The van der Waals surface area contributed by atoms with Gasteiger partial charge in [-0.05, 0) is 70.5 Å². The van der Waals surface area contributed by atoms with Crippen LogP contribution in [0.1, 0.15) is 53.5 Å². The van der Waals surface area contributed by atoms with E-state index >= 15 is 0 Å². The van der Waals surface area contributed by atoms with Gasteiger partial charge in [0.05, 0.1) is 23.5 Å². The molecule has 1 amide bonds. The van der Waals surface area contributed by atoms with Crippen LogP contribution < -0.4 is 14.4 Å². The van der Waals surface area contributed by atoms with Gasteiger partial charge in [-0.1, -0.05) is 6.07 Å². The fourth-order valence-corrected chi connectivity index (χ4v) is 5.72. The number of carbonyl (C=O) groups is 2. The third-order valence-corrected chi connectivity index (χ3v) is 7.23. The zero-order valence-corrected chi connectivity index (χ0v) is 22.5. The normalized spacial score (nSPS) is 16.0. The van der Waals surface area contributed by atoms with Crippen LogP contribution in [0.25, 0.3) is 0 Å². The molecule has 0 aromatic heterocycles. The van der Waals surface area contributed by atoms with Crippen LogP contribution in [0.15, 0.2) is 41.3 Å². The van der Waals surface area contributed by atoms with Crippen molar-refractivity contribution >= 4 is 27.6 Å². The highest BCUT2D eigenvalue weighted by Crippen LogP contribution is 2.39. The number of nitrogens with zero attached hydrogens (tertiary/aromatic N) is 1. The lowest BCUT2D eigenvalue weighted by molar-refractivity contribution is -0.153. The summed E-state index contributed by atoms with van der Waals surface area (Å²) in [6, 6.07) is 7.06. The second-order valence-electron chi connectivity index (χ2n) is 10.7. The second kappa shape index (κ2) is 10.3. The van der Waals surface area contributed by atoms with Crippen molar-refractivity contribution in [2.24, 2.45) is 0 Å². The predicted molar refractivity (Wildman–Crippen MR) is 134 cm³/mol. The third kappa shape index (κ3) is 7.18. The van der Waals surface area contributed by atoms with Crippen LogP contribution in [0.3, 0.4) is 0 Å². The molecule has 11 heteroatoms. The van der Waals surface area contributed by atoms with Gasteiger partial charge in [-0.2, -0.15) is 0 Å². The number of sulfonamides is 1. The Morgan fingerprint density at radius 1 is 1.08 bits per heavy atom. The maximum atomic E-state index is 14.0. The third-order valence-electron chi connectivity index (χ3n) is 5.46. The molecular weight excluding hydrogens is 506 g/mol. The van der Waals surface area contributed by atoms with Crippen molar-refractivity contribution in [2.75, 3.05) is 10.8 Å². The van der Waals surface area contributed by atoms with Crippen LogP contribution in [0.5, 0.6) is 5.75 Å². The van der Waals surface area contributed by atoms with Gasteiger partial charge in [-0.3, -0.25) is 13.9 Å². The smallest absolute Gasteiger partial charge is 0.310 e. The topological polar surface area (TPSA) is 102 Å². The van der Waals surface area contributed by atoms with Crippen molar-refractivity contribution in [1.82, 2.24) is 5.32 Å². The molecule has 0 saturated carbocycles. The first-order valence-electron chi connectivity index (χ1n) is 11.7. The van der Waals surface area contributed by atoms with Crippen molar-refractivity contribution in [3.8, 4) is 5.75 Å². The Kier molecular flexibility index (Phi) is 7.88. The minimum atomic E-state index is -4.36. The maximum Gasteiger partial charge on any atom is 0.310 e. The molecule has 1 aliphatic heterocycles. The number of nitrogens with one attached hydrogen (secondary N) is 1. The van der Waals surface area contributed by atoms with Crippen LogP contribution in [0, 0.1) is 11.6 Å². The molecule has 1 atom stereocenters. The van der Waals surface area contributed by atoms with Gasteiger partial charge in [-0.25, -0.2) is 17.2 Å². The summed E-state index contributed by atoms with van der Waals surface area (Å²) in [5.41, 5.74) is -0.773. The Morgan fingerprint density at radius 2 is 1.76 bits per heavy atom. The fraction of sp³-hybridized carbons (Fsp3) is 0.462. The highest BCUT2D eigenvalue weighted by Gasteiger charge is 2.38. The Labute approximate surface area is 216 Å². The number of ether oxygens (including phenoxy) is 2. The number of hydrogen-bond acceptors (Lipinski definition) is 6. The molecule has 2 aromatic rings. The average Bonchev–Trinajstić information content (AvgIpc) is 2.72. The number of rotatable bonds is 7. The molecular formula is C26H32F2N2O6S. The number of halogens is 2. The number of anilines is 1. The Balaban J connectivity index is 2.02. The van der Waals surface area contributed by atoms with E-state index < -0.39 is 49.8 Å². The molecule has 8 nitrogen and oxygen atoms in total. The molecule has 0 radical (unpaired) electrons. The van der Waals surface area contributed by atoms with E-state index in [0.717, 1.165) is 16.4 Å². The number of carbonyl (C=O) groups excluding carboxylic acids is 2. The number of hydrogen-bond donors (Lipinski definition) is 1. The molecule has 0 spiro atoms. The zero-order valence-electron chi connectivity index (χ0n) is 21.7. The van der Waals surface area contributed by atoms with Crippen LogP contribution in [-0.2, 0) is 30.8 Å². The lowest BCUT2D eigenvalue weighted by atomic mass is 9.95. The Hall–Kier alpha value is -3.21. The summed E-state index contributed by atoms with van der Waals surface area (Å²) in [7, 11) is -4.36. The first-order valence-corrected chi connectivity index (χ1v) is 13.2. The monoisotopic (exact) mass is 538 g/mol. The van der Waals surface area contributed by atoms with Crippen LogP contribution in [0.2, 0.25) is 0 Å². The fourth-order valence-electron chi connectivity index (χ4n) is 4.21. The molecule has 1 heterocycles. The highest BCUT2D eigenvalue weighted by molar-refractivity contribution is 7.92. The minimum Gasteiger partial charge on any atom is -0.486 e. The SMILES string of the molecule is CC(=O)NC(C)(C)C[C@H]1CN(S(=O)(=O)c2ccc(F)c(F)c2)c2cc(CC(=O)OC(C)(C)C)ccc2O1. The molecule has 0 bridgehead atoms. The molecule has 1 N–H and O–H groups in total. The highest BCUT2D eigenvalue weighted by atomic mass is 32.2. The van der Waals surface area contributed by atoms with Crippen molar-refractivity contribution in [2.45, 2.75) is 76.5 Å². The Bertz CT molecular complexity index is 1300.